The van der Waals surface area contributed by atoms with E-state index in [9.17, 15) is 41.2 Å². The first-order valence-corrected chi connectivity index (χ1v) is 15.4. The van der Waals surface area contributed by atoms with Gasteiger partial charge in [0.05, 0.1) is 16.5 Å². The molecule has 234 valence electrons. The molecule has 2 heterocycles. The van der Waals surface area contributed by atoms with E-state index in [1.165, 1.54) is 42.6 Å². The van der Waals surface area contributed by atoms with Gasteiger partial charge in [0.1, 0.15) is 23.7 Å². The average Bonchev–Trinajstić information content (AvgIpc) is 3.35. The Hall–Kier alpha value is -4.52. The fourth-order valence-corrected chi connectivity index (χ4v) is 6.18. The van der Waals surface area contributed by atoms with E-state index in [2.05, 4.69) is 10.3 Å². The van der Waals surface area contributed by atoms with Gasteiger partial charge < -0.3 is 5.32 Å². The maximum absolute atomic E-state index is 15.0. The summed E-state index contributed by atoms with van der Waals surface area (Å²) in [6.07, 6.45) is -0.311. The number of primary sulfonamides is 1. The number of halogens is 4. The van der Waals surface area contributed by atoms with Gasteiger partial charge in [-0.25, -0.2) is 31.7 Å². The minimum Gasteiger partial charge on any atom is -0.351 e. The Bertz CT molecular complexity index is 1850. The van der Waals surface area contributed by atoms with Crippen LogP contribution in [-0.4, -0.2) is 49.1 Å². The number of nitrogens with two attached hydrogens (primary N) is 1. The summed E-state index contributed by atoms with van der Waals surface area (Å²) in [6, 6.07) is 8.58. The number of nitrogens with zero attached hydrogens (tertiary/aromatic N) is 4. The van der Waals surface area contributed by atoms with Crippen LogP contribution >= 0.6 is 11.6 Å². The second-order valence-electron chi connectivity index (χ2n) is 10.6. The standard InChI is InChI=1S/C29H24ClF3N6O5S/c30-22-4-2-1-3-21(22)26(27(41)37-18-13-29(32,33)14-18)38(19-10-17(31)11-20(12-19)45(35,43)44)28(42)23-5-6-25(40)39(23)24-9-16(15-34)7-8-36-24/h1-4,7-12,18,23,26H,5-6,13-14H2,(H,37,41)(H2,35,43,44)/t23-,26?/m0/s1. The van der Waals surface area contributed by atoms with Gasteiger partial charge in [0, 0.05) is 47.8 Å². The van der Waals surface area contributed by atoms with Crippen molar-refractivity contribution in [2.24, 2.45) is 5.14 Å². The van der Waals surface area contributed by atoms with E-state index in [1.807, 2.05) is 6.07 Å². The molecule has 0 radical (unpaired) electrons. The first kappa shape index (κ1) is 31.9. The zero-order chi connectivity index (χ0) is 32.7. The van der Waals surface area contributed by atoms with E-state index in [0.29, 0.717) is 6.07 Å². The second-order valence-corrected chi connectivity index (χ2v) is 12.6. The highest BCUT2D eigenvalue weighted by molar-refractivity contribution is 7.89. The number of carbonyl (C=O) groups is 3. The highest BCUT2D eigenvalue weighted by Crippen LogP contribution is 2.40. The lowest BCUT2D eigenvalue weighted by molar-refractivity contribution is -0.133. The zero-order valence-corrected chi connectivity index (χ0v) is 24.7. The summed E-state index contributed by atoms with van der Waals surface area (Å²) in [7, 11) is -4.53. The number of nitrogens with one attached hydrogen (secondary N) is 1. The van der Waals surface area contributed by atoms with E-state index in [4.69, 9.17) is 16.7 Å². The number of pyridine rings is 1. The van der Waals surface area contributed by atoms with E-state index in [1.54, 1.807) is 0 Å². The van der Waals surface area contributed by atoms with Crippen LogP contribution in [0.5, 0.6) is 0 Å². The molecule has 1 aliphatic carbocycles. The number of amides is 3. The highest BCUT2D eigenvalue weighted by Gasteiger charge is 2.48. The molecule has 1 aromatic heterocycles. The van der Waals surface area contributed by atoms with Crippen molar-refractivity contribution in [2.75, 3.05) is 9.80 Å². The minimum absolute atomic E-state index is 0.00186. The van der Waals surface area contributed by atoms with Gasteiger partial charge in [0.25, 0.3) is 11.8 Å². The Morgan fingerprint density at radius 3 is 2.53 bits per heavy atom. The molecule has 45 heavy (non-hydrogen) atoms. The van der Waals surface area contributed by atoms with Gasteiger partial charge in [0.15, 0.2) is 0 Å². The number of sulfonamides is 1. The molecule has 16 heteroatoms. The predicted octanol–water partition coefficient (Wildman–Crippen LogP) is 3.58. The fourth-order valence-electron chi connectivity index (χ4n) is 5.38. The summed E-state index contributed by atoms with van der Waals surface area (Å²) in [6.45, 7) is 0. The number of hydrogen-bond donors (Lipinski definition) is 2. The number of benzene rings is 2. The molecular formula is C29H24ClF3N6O5S. The van der Waals surface area contributed by atoms with E-state index < -0.39 is 81.0 Å². The Morgan fingerprint density at radius 1 is 1.18 bits per heavy atom. The van der Waals surface area contributed by atoms with Crippen LogP contribution in [-0.2, 0) is 24.4 Å². The molecule has 0 bridgehead atoms. The molecule has 3 amide bonds. The van der Waals surface area contributed by atoms with Crippen molar-refractivity contribution in [3.05, 3.63) is 82.8 Å². The first-order valence-electron chi connectivity index (χ1n) is 13.5. The lowest BCUT2D eigenvalue weighted by Crippen LogP contribution is -2.56. The molecule has 2 atom stereocenters. The van der Waals surface area contributed by atoms with Crippen molar-refractivity contribution in [1.82, 2.24) is 10.3 Å². The quantitative estimate of drug-likeness (QED) is 0.373. The molecule has 11 nitrogen and oxygen atoms in total. The smallest absolute Gasteiger partial charge is 0.252 e. The van der Waals surface area contributed by atoms with Crippen LogP contribution in [0.2, 0.25) is 5.02 Å². The number of carbonyl (C=O) groups excluding carboxylic acids is 3. The van der Waals surface area contributed by atoms with Gasteiger partial charge in [-0.3, -0.25) is 24.2 Å². The van der Waals surface area contributed by atoms with Crippen molar-refractivity contribution >= 4 is 50.9 Å². The Morgan fingerprint density at radius 2 is 1.89 bits per heavy atom. The summed E-state index contributed by atoms with van der Waals surface area (Å²) in [5.74, 6) is -6.68. The third-order valence-corrected chi connectivity index (χ3v) is 8.70. The van der Waals surface area contributed by atoms with Gasteiger partial charge in [-0.2, -0.15) is 5.26 Å². The number of nitriles is 1. The van der Waals surface area contributed by atoms with Gasteiger partial charge in [-0.1, -0.05) is 29.8 Å². The maximum atomic E-state index is 15.0. The van der Waals surface area contributed by atoms with Crippen molar-refractivity contribution < 1.29 is 36.0 Å². The summed E-state index contributed by atoms with van der Waals surface area (Å²) < 4.78 is 66.8. The second kappa shape index (κ2) is 12.1. The van der Waals surface area contributed by atoms with Crippen molar-refractivity contribution in [1.29, 1.82) is 5.26 Å². The summed E-state index contributed by atoms with van der Waals surface area (Å²) in [4.78, 5) is 46.8. The molecule has 1 aliphatic heterocycles. The Labute approximate surface area is 260 Å². The normalized spacial score (nSPS) is 18.5. The van der Waals surface area contributed by atoms with Gasteiger partial charge in [-0.05, 0) is 42.8 Å². The first-order chi connectivity index (χ1) is 21.2. The molecule has 5 rings (SSSR count). The molecule has 2 fully saturated rings. The molecular weight excluding hydrogens is 637 g/mol. The third kappa shape index (κ3) is 6.63. The van der Waals surface area contributed by atoms with Crippen molar-refractivity contribution in [3.8, 4) is 6.07 Å². The van der Waals surface area contributed by atoms with Crippen LogP contribution < -0.4 is 20.3 Å². The number of aromatic nitrogens is 1. The van der Waals surface area contributed by atoms with Crippen molar-refractivity contribution in [2.45, 2.75) is 54.6 Å². The molecule has 0 spiro atoms. The summed E-state index contributed by atoms with van der Waals surface area (Å²) >= 11 is 6.47. The number of rotatable bonds is 8. The molecule has 1 unspecified atom stereocenters. The number of alkyl halides is 2. The Kier molecular flexibility index (Phi) is 8.58. The fraction of sp³-hybridized carbons (Fsp3) is 0.276. The van der Waals surface area contributed by atoms with Gasteiger partial charge >= 0.3 is 0 Å². The van der Waals surface area contributed by atoms with Crippen LogP contribution in [0.15, 0.2) is 65.7 Å². The largest absolute Gasteiger partial charge is 0.351 e. The van der Waals surface area contributed by atoms with E-state index in [0.717, 1.165) is 21.9 Å². The van der Waals surface area contributed by atoms with Crippen molar-refractivity contribution in [3.63, 3.8) is 0 Å². The maximum Gasteiger partial charge on any atom is 0.252 e. The lowest BCUT2D eigenvalue weighted by atomic mass is 9.87. The molecule has 3 aromatic rings. The number of hydrogen-bond acceptors (Lipinski definition) is 7. The zero-order valence-electron chi connectivity index (χ0n) is 23.2. The molecule has 1 saturated heterocycles. The summed E-state index contributed by atoms with van der Waals surface area (Å²) in [5.41, 5.74) is -0.310. The minimum atomic E-state index is -4.53. The van der Waals surface area contributed by atoms with E-state index >= 15 is 0 Å². The molecule has 2 aliphatic rings. The average molecular weight is 661 g/mol. The van der Waals surface area contributed by atoms with Gasteiger partial charge in [-0.15, -0.1) is 0 Å². The Balaban J connectivity index is 1.69. The summed E-state index contributed by atoms with van der Waals surface area (Å²) in [5, 5.41) is 17.1. The van der Waals surface area contributed by atoms with Crippen LogP contribution in [0.1, 0.15) is 42.9 Å². The lowest BCUT2D eigenvalue weighted by Gasteiger charge is -2.39. The van der Waals surface area contributed by atoms with E-state index in [-0.39, 0.29) is 34.8 Å². The highest BCUT2D eigenvalue weighted by atomic mass is 35.5. The predicted molar refractivity (Wildman–Crippen MR) is 155 cm³/mol. The SMILES string of the molecule is N#Cc1ccnc(N2C(=O)CC[C@H]2C(=O)N(c2cc(F)cc(S(N)(=O)=O)c2)C(C(=O)NC2CC(F)(F)C2)c2ccccc2Cl)c1. The number of anilines is 2. The van der Waals surface area contributed by atoms with Crippen LogP contribution in [0.4, 0.5) is 24.7 Å². The monoisotopic (exact) mass is 660 g/mol. The molecule has 3 N–H and O–H groups in total. The van der Waals surface area contributed by atoms with Crippen LogP contribution in [0.25, 0.3) is 0 Å². The topological polar surface area (TPSA) is 167 Å². The van der Waals surface area contributed by atoms with Gasteiger partial charge in [0.2, 0.25) is 21.8 Å². The third-order valence-electron chi connectivity index (χ3n) is 7.46. The molecule has 2 aromatic carbocycles. The molecule has 1 saturated carbocycles. The van der Waals surface area contributed by atoms with Crippen LogP contribution in [0.3, 0.4) is 0 Å². The van der Waals surface area contributed by atoms with Crippen LogP contribution in [0, 0.1) is 17.1 Å².